The highest BCUT2D eigenvalue weighted by Gasteiger charge is 2.26. The van der Waals surface area contributed by atoms with Crippen molar-refractivity contribution < 1.29 is 31.1 Å². The maximum Gasteiger partial charge on any atom is 0.389 e. The summed E-state index contributed by atoms with van der Waals surface area (Å²) in [5.74, 6) is -0.544. The molecule has 0 unspecified atom stereocenters. The molecule has 120 valence electrons. The van der Waals surface area contributed by atoms with E-state index in [0.717, 1.165) is 4.31 Å². The number of carbonyl (C=O) groups excluding carboxylic acids is 1. The fourth-order valence-corrected chi connectivity index (χ4v) is 2.19. The van der Waals surface area contributed by atoms with Gasteiger partial charge in [-0.25, -0.2) is 4.72 Å². The minimum atomic E-state index is -4.23. The number of hydrogen-bond acceptors (Lipinski definition) is 4. The summed E-state index contributed by atoms with van der Waals surface area (Å²) in [4.78, 5) is 10.9. The van der Waals surface area contributed by atoms with Gasteiger partial charge in [0.25, 0.3) is 10.2 Å². The molecule has 0 spiro atoms. The van der Waals surface area contributed by atoms with Crippen LogP contribution >= 0.6 is 0 Å². The van der Waals surface area contributed by atoms with Crippen LogP contribution in [0.2, 0.25) is 0 Å². The molecular formula is C10H19F3N2O4S. The number of nitrogens with zero attached hydrogens (tertiary/aromatic N) is 1. The number of nitrogens with one attached hydrogen (secondary N) is 1. The quantitative estimate of drug-likeness (QED) is 0.509. The van der Waals surface area contributed by atoms with E-state index in [0.29, 0.717) is 0 Å². The van der Waals surface area contributed by atoms with Crippen molar-refractivity contribution in [3.63, 3.8) is 0 Å². The van der Waals surface area contributed by atoms with Crippen molar-refractivity contribution in [3.8, 4) is 0 Å². The van der Waals surface area contributed by atoms with E-state index < -0.39 is 28.8 Å². The van der Waals surface area contributed by atoms with Gasteiger partial charge in [0, 0.05) is 26.6 Å². The van der Waals surface area contributed by atoms with Gasteiger partial charge < -0.3 is 4.74 Å². The average Bonchev–Trinajstić information content (AvgIpc) is 2.33. The molecule has 10 heteroatoms. The summed E-state index contributed by atoms with van der Waals surface area (Å²) < 4.78 is 66.3. The zero-order chi connectivity index (χ0) is 15.8. The third-order valence-corrected chi connectivity index (χ3v) is 4.01. The van der Waals surface area contributed by atoms with Crippen molar-refractivity contribution >= 4 is 16.2 Å². The van der Waals surface area contributed by atoms with Crippen molar-refractivity contribution in [3.05, 3.63) is 0 Å². The number of halogens is 3. The number of esters is 1. The highest BCUT2D eigenvalue weighted by Crippen LogP contribution is 2.21. The molecule has 0 atom stereocenters. The molecule has 0 aliphatic carbocycles. The predicted molar refractivity (Wildman–Crippen MR) is 66.1 cm³/mol. The Morgan fingerprint density at radius 1 is 1.30 bits per heavy atom. The maximum absolute atomic E-state index is 11.9. The lowest BCUT2D eigenvalue weighted by atomic mass is 10.2. The second kappa shape index (κ2) is 8.42. The number of ether oxygens (including phenoxy) is 1. The molecule has 0 bridgehead atoms. The first-order chi connectivity index (χ1) is 9.08. The molecule has 0 radical (unpaired) electrons. The Morgan fingerprint density at radius 3 is 2.40 bits per heavy atom. The lowest BCUT2D eigenvalue weighted by molar-refractivity contribution is -0.140. The van der Waals surface area contributed by atoms with Crippen LogP contribution in [-0.4, -0.2) is 52.1 Å². The van der Waals surface area contributed by atoms with E-state index in [2.05, 4.69) is 9.46 Å². The van der Waals surface area contributed by atoms with E-state index in [1.54, 1.807) is 0 Å². The fourth-order valence-electron chi connectivity index (χ4n) is 1.23. The van der Waals surface area contributed by atoms with Crippen molar-refractivity contribution in [2.24, 2.45) is 0 Å². The molecule has 0 fully saturated rings. The molecule has 0 aliphatic heterocycles. The van der Waals surface area contributed by atoms with Gasteiger partial charge in [-0.2, -0.15) is 25.9 Å². The van der Waals surface area contributed by atoms with Gasteiger partial charge in [-0.3, -0.25) is 4.79 Å². The largest absolute Gasteiger partial charge is 0.469 e. The molecule has 0 aliphatic rings. The van der Waals surface area contributed by atoms with Crippen LogP contribution in [0.4, 0.5) is 13.2 Å². The average molecular weight is 320 g/mol. The van der Waals surface area contributed by atoms with Gasteiger partial charge in [-0.1, -0.05) is 0 Å². The topological polar surface area (TPSA) is 75.7 Å². The monoisotopic (exact) mass is 320 g/mol. The van der Waals surface area contributed by atoms with E-state index in [1.807, 2.05) is 0 Å². The lowest BCUT2D eigenvalue weighted by Crippen LogP contribution is -2.39. The second-order valence-corrected chi connectivity index (χ2v) is 5.98. The Kier molecular flexibility index (Phi) is 8.06. The zero-order valence-electron chi connectivity index (χ0n) is 11.4. The van der Waals surface area contributed by atoms with Gasteiger partial charge in [-0.05, 0) is 12.8 Å². The van der Waals surface area contributed by atoms with Gasteiger partial charge in [0.1, 0.15) is 0 Å². The van der Waals surface area contributed by atoms with Gasteiger partial charge in [-0.15, -0.1) is 0 Å². The number of alkyl halides is 3. The number of methoxy groups -OCH3 is 1. The lowest BCUT2D eigenvalue weighted by Gasteiger charge is -2.17. The number of unbranched alkanes of at least 4 members (excludes halogenated alkanes) is 1. The van der Waals surface area contributed by atoms with Crippen LogP contribution in [0.3, 0.4) is 0 Å². The molecule has 6 nitrogen and oxygen atoms in total. The SMILES string of the molecule is COC(=O)CCN(C)S(=O)(=O)NCCCCC(F)(F)F. The molecule has 0 aromatic heterocycles. The Bertz CT molecular complexity index is 398. The van der Waals surface area contributed by atoms with Crippen molar-refractivity contribution in [2.75, 3.05) is 27.2 Å². The summed E-state index contributed by atoms with van der Waals surface area (Å²) in [7, 11) is -1.33. The van der Waals surface area contributed by atoms with Crippen LogP contribution < -0.4 is 4.72 Å². The van der Waals surface area contributed by atoms with E-state index in [4.69, 9.17) is 0 Å². The molecular weight excluding hydrogens is 301 g/mol. The molecule has 0 rings (SSSR count). The normalized spacial score (nSPS) is 12.7. The van der Waals surface area contributed by atoms with Crippen molar-refractivity contribution in [1.29, 1.82) is 0 Å². The minimum absolute atomic E-state index is 0.0649. The second-order valence-electron chi connectivity index (χ2n) is 4.12. The first-order valence-corrected chi connectivity index (χ1v) is 7.37. The first-order valence-electron chi connectivity index (χ1n) is 5.93. The Balaban J connectivity index is 3.97. The maximum atomic E-state index is 11.9. The summed E-state index contributed by atoms with van der Waals surface area (Å²) >= 11 is 0. The molecule has 0 aromatic rings. The Labute approximate surface area is 116 Å². The van der Waals surface area contributed by atoms with Crippen LogP contribution in [0.15, 0.2) is 0 Å². The van der Waals surface area contributed by atoms with Crippen molar-refractivity contribution in [2.45, 2.75) is 31.9 Å². The molecule has 0 heterocycles. The van der Waals surface area contributed by atoms with Crippen LogP contribution in [0, 0.1) is 0 Å². The van der Waals surface area contributed by atoms with Crippen LogP contribution in [-0.2, 0) is 19.7 Å². The molecule has 0 saturated heterocycles. The van der Waals surface area contributed by atoms with E-state index in [-0.39, 0.29) is 32.4 Å². The van der Waals surface area contributed by atoms with E-state index in [9.17, 15) is 26.4 Å². The highest BCUT2D eigenvalue weighted by molar-refractivity contribution is 7.87. The fraction of sp³-hybridized carbons (Fsp3) is 0.900. The third-order valence-electron chi connectivity index (χ3n) is 2.44. The number of rotatable bonds is 9. The molecule has 1 N–H and O–H groups in total. The van der Waals surface area contributed by atoms with Gasteiger partial charge in [0.2, 0.25) is 0 Å². The molecule has 0 saturated carbocycles. The summed E-state index contributed by atoms with van der Waals surface area (Å²) in [6, 6.07) is 0. The number of hydrogen-bond donors (Lipinski definition) is 1. The van der Waals surface area contributed by atoms with Gasteiger partial charge in [0.15, 0.2) is 0 Å². The van der Waals surface area contributed by atoms with Gasteiger partial charge in [0.05, 0.1) is 13.5 Å². The Morgan fingerprint density at radius 2 is 1.90 bits per heavy atom. The van der Waals surface area contributed by atoms with E-state index >= 15 is 0 Å². The standard InChI is InChI=1S/C10H19F3N2O4S/c1-15(8-5-9(16)19-2)20(17,18)14-7-4-3-6-10(11,12)13/h14H,3-8H2,1-2H3. The third kappa shape index (κ3) is 9.10. The number of carbonyl (C=O) groups is 1. The summed E-state index contributed by atoms with van der Waals surface area (Å²) in [6.45, 7) is -0.147. The summed E-state index contributed by atoms with van der Waals surface area (Å²) in [5.41, 5.74) is 0. The minimum Gasteiger partial charge on any atom is -0.469 e. The highest BCUT2D eigenvalue weighted by atomic mass is 32.2. The van der Waals surface area contributed by atoms with Crippen LogP contribution in [0.5, 0.6) is 0 Å². The van der Waals surface area contributed by atoms with Crippen LogP contribution in [0.25, 0.3) is 0 Å². The predicted octanol–water partition coefficient (Wildman–Crippen LogP) is 1.05. The molecule has 20 heavy (non-hydrogen) atoms. The van der Waals surface area contributed by atoms with Crippen molar-refractivity contribution in [1.82, 2.24) is 9.03 Å². The zero-order valence-corrected chi connectivity index (χ0v) is 12.2. The Hall–Kier alpha value is -0.870. The first kappa shape index (κ1) is 19.1. The molecule has 0 aromatic carbocycles. The van der Waals surface area contributed by atoms with E-state index in [1.165, 1.54) is 14.2 Å². The smallest absolute Gasteiger partial charge is 0.389 e. The van der Waals surface area contributed by atoms with Gasteiger partial charge >= 0.3 is 12.1 Å². The summed E-state index contributed by atoms with van der Waals surface area (Å²) in [6.07, 6.45) is -5.31. The summed E-state index contributed by atoms with van der Waals surface area (Å²) in [5, 5.41) is 0. The molecule has 0 amide bonds. The van der Waals surface area contributed by atoms with Crippen LogP contribution in [0.1, 0.15) is 25.7 Å².